The molecule has 0 spiro atoms. The molecule has 0 saturated carbocycles. The Labute approximate surface area is 202 Å². The van der Waals surface area contributed by atoms with Crippen molar-refractivity contribution >= 4 is 26.6 Å². The first-order valence-corrected chi connectivity index (χ1v) is 12.7. The normalized spacial score (nSPS) is 12.0. The van der Waals surface area contributed by atoms with Crippen molar-refractivity contribution in [1.82, 2.24) is 15.0 Å². The Hall–Kier alpha value is -3.92. The Morgan fingerprint density at radius 3 is 2.37 bits per heavy atom. The topological polar surface area (TPSA) is 134 Å². The molecule has 9 nitrogen and oxygen atoms in total. The summed E-state index contributed by atoms with van der Waals surface area (Å²) >= 11 is 0. The van der Waals surface area contributed by atoms with Crippen LogP contribution in [0.1, 0.15) is 26.3 Å². The number of sulfonamides is 1. The lowest BCUT2D eigenvalue weighted by Gasteiger charge is -2.25. The lowest BCUT2D eigenvalue weighted by Crippen LogP contribution is -2.16. The summed E-state index contributed by atoms with van der Waals surface area (Å²) in [6, 6.07) is 11.7. The molecular weight excluding hydrogens is 468 g/mol. The van der Waals surface area contributed by atoms with Crippen molar-refractivity contribution in [2.24, 2.45) is 0 Å². The van der Waals surface area contributed by atoms with Gasteiger partial charge in [-0.1, -0.05) is 20.8 Å². The first kappa shape index (κ1) is 24.2. The van der Waals surface area contributed by atoms with E-state index in [1.165, 1.54) is 12.1 Å². The van der Waals surface area contributed by atoms with Crippen LogP contribution >= 0.6 is 0 Å². The number of aromatic amines is 2. The van der Waals surface area contributed by atoms with E-state index in [1.807, 2.05) is 26.8 Å². The molecule has 4 aromatic rings. The average Bonchev–Trinajstić information content (AvgIpc) is 2.77. The summed E-state index contributed by atoms with van der Waals surface area (Å²) in [4.78, 5) is 35.7. The van der Waals surface area contributed by atoms with Gasteiger partial charge in [0.05, 0.1) is 29.8 Å². The fourth-order valence-electron chi connectivity index (χ4n) is 3.93. The maximum Gasteiger partial charge on any atom is 0.259 e. The van der Waals surface area contributed by atoms with E-state index in [2.05, 4.69) is 19.7 Å². The molecule has 35 heavy (non-hydrogen) atoms. The van der Waals surface area contributed by atoms with E-state index in [-0.39, 0.29) is 27.9 Å². The van der Waals surface area contributed by atoms with Crippen LogP contribution in [0.3, 0.4) is 0 Å². The Balaban J connectivity index is 1.99. The van der Waals surface area contributed by atoms with Crippen LogP contribution in [0.5, 0.6) is 5.75 Å². The van der Waals surface area contributed by atoms with Crippen LogP contribution in [0.25, 0.3) is 33.4 Å². The molecule has 0 bridgehead atoms. The lowest BCUT2D eigenvalue weighted by molar-refractivity contribution is 0.399. The smallest absolute Gasteiger partial charge is 0.259 e. The van der Waals surface area contributed by atoms with Crippen molar-refractivity contribution < 1.29 is 13.2 Å². The number of fused-ring (bicyclic) bond motifs is 1. The molecule has 0 atom stereocenters. The minimum absolute atomic E-state index is 0.230. The number of hydrogen-bond donors (Lipinski definition) is 3. The van der Waals surface area contributed by atoms with Gasteiger partial charge in [-0.05, 0) is 53.4 Å². The maximum atomic E-state index is 13.0. The van der Waals surface area contributed by atoms with Gasteiger partial charge in [0.25, 0.3) is 11.1 Å². The minimum Gasteiger partial charge on any atom is -0.496 e. The Morgan fingerprint density at radius 1 is 1.00 bits per heavy atom. The number of pyridine rings is 1. The molecule has 0 saturated heterocycles. The summed E-state index contributed by atoms with van der Waals surface area (Å²) in [6.07, 6.45) is 2.60. The van der Waals surface area contributed by atoms with E-state index in [0.717, 1.165) is 11.8 Å². The average molecular weight is 495 g/mol. The van der Waals surface area contributed by atoms with E-state index >= 15 is 0 Å². The van der Waals surface area contributed by atoms with Crippen molar-refractivity contribution in [3.8, 4) is 28.3 Å². The highest BCUT2D eigenvalue weighted by molar-refractivity contribution is 7.92. The van der Waals surface area contributed by atoms with E-state index in [9.17, 15) is 18.0 Å². The number of nitrogens with zero attached hydrogens (tertiary/aromatic N) is 1. The molecule has 0 unspecified atom stereocenters. The van der Waals surface area contributed by atoms with Crippen LogP contribution < -0.4 is 20.6 Å². The minimum atomic E-state index is -3.50. The fraction of sp³-hybridized carbons (Fsp3) is 0.240. The van der Waals surface area contributed by atoms with Gasteiger partial charge in [-0.2, -0.15) is 0 Å². The number of methoxy groups -OCH3 is 1. The Kier molecular flexibility index (Phi) is 6.02. The van der Waals surface area contributed by atoms with E-state index in [4.69, 9.17) is 4.74 Å². The standard InChI is InChI=1S/C25H26N4O5S/c1-25(2,3)19-12-14(16-7-6-10-26-23(16)30)11-18(21(19)34-4)22-27-20-9-8-15(29-35(5,32)33)13-17(20)24(31)28-22/h6-13,29H,1-5H3,(H,26,30)(H,27,28,31). The van der Waals surface area contributed by atoms with Crippen molar-refractivity contribution in [2.75, 3.05) is 18.1 Å². The fourth-order valence-corrected chi connectivity index (χ4v) is 4.49. The highest BCUT2D eigenvalue weighted by atomic mass is 32.2. The van der Waals surface area contributed by atoms with Crippen LogP contribution in [-0.2, 0) is 15.4 Å². The molecule has 4 rings (SSSR count). The second-order valence-electron chi connectivity index (χ2n) is 9.29. The number of anilines is 1. The van der Waals surface area contributed by atoms with Gasteiger partial charge in [0, 0.05) is 23.0 Å². The molecule has 2 aromatic carbocycles. The SMILES string of the molecule is COc1c(-c2nc3ccc(NS(C)(=O)=O)cc3c(=O)[nH]2)cc(-c2ccc[nH]c2=O)cc1C(C)(C)C. The highest BCUT2D eigenvalue weighted by Crippen LogP contribution is 2.41. The molecule has 0 aliphatic rings. The molecule has 2 heterocycles. The summed E-state index contributed by atoms with van der Waals surface area (Å²) < 4.78 is 31.3. The summed E-state index contributed by atoms with van der Waals surface area (Å²) in [5.41, 5.74) is 2.11. The molecule has 0 aliphatic carbocycles. The van der Waals surface area contributed by atoms with Crippen LogP contribution in [-0.4, -0.2) is 36.7 Å². The molecule has 0 aliphatic heterocycles. The molecule has 3 N–H and O–H groups in total. The van der Waals surface area contributed by atoms with Crippen molar-refractivity contribution in [1.29, 1.82) is 0 Å². The lowest BCUT2D eigenvalue weighted by atomic mass is 9.83. The number of nitrogens with one attached hydrogen (secondary N) is 3. The Bertz CT molecular complexity index is 1660. The Morgan fingerprint density at radius 2 is 1.74 bits per heavy atom. The molecular formula is C25H26N4O5S. The van der Waals surface area contributed by atoms with Crippen LogP contribution in [0, 0.1) is 0 Å². The third-order valence-corrected chi connectivity index (χ3v) is 6.10. The first-order valence-electron chi connectivity index (χ1n) is 10.8. The van der Waals surface area contributed by atoms with Gasteiger partial charge >= 0.3 is 0 Å². The van der Waals surface area contributed by atoms with E-state index in [1.54, 1.807) is 37.6 Å². The summed E-state index contributed by atoms with van der Waals surface area (Å²) in [7, 11) is -1.95. The number of aromatic nitrogens is 3. The maximum absolute atomic E-state index is 13.0. The van der Waals surface area contributed by atoms with Gasteiger partial charge in [0.1, 0.15) is 11.6 Å². The van der Waals surface area contributed by atoms with Gasteiger partial charge in [-0.3, -0.25) is 14.3 Å². The third-order valence-electron chi connectivity index (χ3n) is 5.49. The van der Waals surface area contributed by atoms with Crippen LogP contribution in [0.2, 0.25) is 0 Å². The number of rotatable bonds is 5. The number of benzene rings is 2. The second kappa shape index (κ2) is 8.70. The van der Waals surface area contributed by atoms with E-state index in [0.29, 0.717) is 28.0 Å². The highest BCUT2D eigenvalue weighted by Gasteiger charge is 2.25. The molecule has 0 amide bonds. The van der Waals surface area contributed by atoms with Crippen LogP contribution in [0.4, 0.5) is 5.69 Å². The van der Waals surface area contributed by atoms with Gasteiger partial charge in [0.2, 0.25) is 10.0 Å². The zero-order valence-electron chi connectivity index (χ0n) is 20.0. The number of ether oxygens (including phenoxy) is 1. The molecule has 182 valence electrons. The largest absolute Gasteiger partial charge is 0.496 e. The second-order valence-corrected chi connectivity index (χ2v) is 11.0. The summed E-state index contributed by atoms with van der Waals surface area (Å²) in [5, 5.41) is 0.230. The molecule has 10 heteroatoms. The third kappa shape index (κ3) is 4.97. The monoisotopic (exact) mass is 494 g/mol. The zero-order valence-corrected chi connectivity index (χ0v) is 20.8. The van der Waals surface area contributed by atoms with Gasteiger partial charge in [-0.15, -0.1) is 0 Å². The van der Waals surface area contributed by atoms with Gasteiger partial charge in [0.15, 0.2) is 0 Å². The first-order chi connectivity index (χ1) is 16.4. The predicted octanol–water partition coefficient (Wildman–Crippen LogP) is 3.62. The number of hydrogen-bond acceptors (Lipinski definition) is 6. The van der Waals surface area contributed by atoms with Gasteiger partial charge in [-0.25, -0.2) is 13.4 Å². The zero-order chi connectivity index (χ0) is 25.5. The van der Waals surface area contributed by atoms with Crippen molar-refractivity contribution in [2.45, 2.75) is 26.2 Å². The summed E-state index contributed by atoms with van der Waals surface area (Å²) in [5.74, 6) is 0.800. The van der Waals surface area contributed by atoms with Crippen molar-refractivity contribution in [3.05, 3.63) is 74.9 Å². The predicted molar refractivity (Wildman–Crippen MR) is 138 cm³/mol. The molecule has 2 aromatic heterocycles. The van der Waals surface area contributed by atoms with Gasteiger partial charge < -0.3 is 14.7 Å². The van der Waals surface area contributed by atoms with Crippen molar-refractivity contribution in [3.63, 3.8) is 0 Å². The molecule has 0 radical (unpaired) electrons. The van der Waals surface area contributed by atoms with E-state index < -0.39 is 15.6 Å². The van der Waals surface area contributed by atoms with Crippen LogP contribution in [0.15, 0.2) is 58.3 Å². The quantitative estimate of drug-likeness (QED) is 0.388. The number of H-pyrrole nitrogens is 2. The summed E-state index contributed by atoms with van der Waals surface area (Å²) in [6.45, 7) is 6.08. The molecule has 0 fully saturated rings.